The lowest BCUT2D eigenvalue weighted by Gasteiger charge is -2.13. The summed E-state index contributed by atoms with van der Waals surface area (Å²) < 4.78 is 9.86. The summed E-state index contributed by atoms with van der Waals surface area (Å²) in [6.07, 6.45) is 0. The molecule has 2 aromatic carbocycles. The van der Waals surface area contributed by atoms with Gasteiger partial charge in [0.1, 0.15) is 17.1 Å². The number of nitrogens with one attached hydrogen (secondary N) is 1. The van der Waals surface area contributed by atoms with Crippen LogP contribution in [0.4, 0.5) is 11.4 Å². The van der Waals surface area contributed by atoms with Gasteiger partial charge in [-0.1, -0.05) is 0 Å². The number of hydrogen-bond acceptors (Lipinski definition) is 6. The third-order valence-electron chi connectivity index (χ3n) is 3.43. The van der Waals surface area contributed by atoms with Crippen LogP contribution in [0.5, 0.6) is 11.5 Å². The molecule has 1 amide bonds. The lowest BCUT2D eigenvalue weighted by molar-refractivity contribution is -0.119. The Morgan fingerprint density at radius 2 is 1.80 bits per heavy atom. The third kappa shape index (κ3) is 4.87. The van der Waals surface area contributed by atoms with E-state index in [9.17, 15) is 14.7 Å². The van der Waals surface area contributed by atoms with Crippen LogP contribution in [-0.4, -0.2) is 44.8 Å². The van der Waals surface area contributed by atoms with Crippen molar-refractivity contribution < 1.29 is 24.2 Å². The second-order valence-corrected chi connectivity index (χ2v) is 5.45. The van der Waals surface area contributed by atoms with Crippen molar-refractivity contribution in [3.8, 4) is 11.5 Å². The van der Waals surface area contributed by atoms with Crippen LogP contribution in [0.3, 0.4) is 0 Å². The molecule has 0 saturated heterocycles. The maximum Gasteiger partial charge on any atom is 0.342 e. The molecular weight excluding hydrogens is 324 g/mol. The molecule has 0 radical (unpaired) electrons. The Morgan fingerprint density at radius 3 is 2.36 bits per heavy atom. The largest absolute Gasteiger partial charge is 0.507 e. The Kier molecular flexibility index (Phi) is 5.84. The molecule has 0 atom stereocenters. The first kappa shape index (κ1) is 18.1. The summed E-state index contributed by atoms with van der Waals surface area (Å²) in [5.41, 5.74) is 1.56. The van der Waals surface area contributed by atoms with Crippen LogP contribution < -0.4 is 15.0 Å². The van der Waals surface area contributed by atoms with E-state index in [-0.39, 0.29) is 11.3 Å². The molecule has 0 aromatic heterocycles. The number of phenols is 1. The van der Waals surface area contributed by atoms with Gasteiger partial charge in [-0.25, -0.2) is 4.79 Å². The highest BCUT2D eigenvalue weighted by Crippen LogP contribution is 2.24. The molecule has 0 aliphatic carbocycles. The second-order valence-electron chi connectivity index (χ2n) is 5.45. The number of esters is 1. The Bertz CT molecular complexity index is 757. The lowest BCUT2D eigenvalue weighted by atomic mass is 10.2. The van der Waals surface area contributed by atoms with Crippen LogP contribution in [0.25, 0.3) is 0 Å². The number of amides is 1. The molecule has 2 rings (SSSR count). The summed E-state index contributed by atoms with van der Waals surface area (Å²) in [7, 11) is 5.28. The number of aromatic hydroxyl groups is 1. The maximum atomic E-state index is 11.9. The molecule has 7 nitrogen and oxygen atoms in total. The predicted octanol–water partition coefficient (Wildman–Crippen LogP) is 2.26. The van der Waals surface area contributed by atoms with Crippen LogP contribution in [0.15, 0.2) is 42.5 Å². The molecule has 2 N–H and O–H groups in total. The average molecular weight is 344 g/mol. The van der Waals surface area contributed by atoms with Gasteiger partial charge >= 0.3 is 5.97 Å². The molecule has 25 heavy (non-hydrogen) atoms. The summed E-state index contributed by atoms with van der Waals surface area (Å²) in [4.78, 5) is 25.7. The predicted molar refractivity (Wildman–Crippen MR) is 94.3 cm³/mol. The molecule has 0 fully saturated rings. The standard InChI is InChI=1S/C18H20N2O5/c1-20(2)13-6-4-12(5-7-13)19-17(22)11-25-18(23)15-9-8-14(24-3)10-16(15)21/h4-10,21H,11H2,1-3H3,(H,19,22). The van der Waals surface area contributed by atoms with Crippen molar-refractivity contribution in [1.82, 2.24) is 0 Å². The Morgan fingerprint density at radius 1 is 1.12 bits per heavy atom. The number of carbonyl (C=O) groups is 2. The fourth-order valence-corrected chi connectivity index (χ4v) is 2.06. The van der Waals surface area contributed by atoms with Gasteiger partial charge in [-0.3, -0.25) is 4.79 Å². The number of ether oxygens (including phenoxy) is 2. The van der Waals surface area contributed by atoms with Gasteiger partial charge in [0.05, 0.1) is 7.11 Å². The Balaban J connectivity index is 1.90. The van der Waals surface area contributed by atoms with E-state index in [4.69, 9.17) is 9.47 Å². The fourth-order valence-electron chi connectivity index (χ4n) is 2.06. The molecule has 2 aromatic rings. The van der Waals surface area contributed by atoms with Crippen molar-refractivity contribution in [3.05, 3.63) is 48.0 Å². The van der Waals surface area contributed by atoms with Crippen LogP contribution in [0.2, 0.25) is 0 Å². The summed E-state index contributed by atoms with van der Waals surface area (Å²) in [6, 6.07) is 11.4. The van der Waals surface area contributed by atoms with E-state index in [2.05, 4.69) is 5.32 Å². The first-order valence-corrected chi connectivity index (χ1v) is 7.52. The molecule has 0 bridgehead atoms. The third-order valence-corrected chi connectivity index (χ3v) is 3.43. The van der Waals surface area contributed by atoms with Crippen LogP contribution in [0.1, 0.15) is 10.4 Å². The van der Waals surface area contributed by atoms with Crippen molar-refractivity contribution in [3.63, 3.8) is 0 Å². The zero-order chi connectivity index (χ0) is 18.4. The van der Waals surface area contributed by atoms with Crippen molar-refractivity contribution >= 4 is 23.3 Å². The van der Waals surface area contributed by atoms with Gasteiger partial charge in [-0.15, -0.1) is 0 Å². The number of anilines is 2. The van der Waals surface area contributed by atoms with Crippen LogP contribution in [0, 0.1) is 0 Å². The number of hydrogen-bond donors (Lipinski definition) is 2. The topological polar surface area (TPSA) is 88.1 Å². The maximum absolute atomic E-state index is 11.9. The zero-order valence-electron chi connectivity index (χ0n) is 14.3. The highest BCUT2D eigenvalue weighted by atomic mass is 16.5. The highest BCUT2D eigenvalue weighted by molar-refractivity contribution is 5.96. The first-order chi connectivity index (χ1) is 11.9. The lowest BCUT2D eigenvalue weighted by Crippen LogP contribution is -2.21. The zero-order valence-corrected chi connectivity index (χ0v) is 14.3. The van der Waals surface area contributed by atoms with Gasteiger partial charge in [-0.2, -0.15) is 0 Å². The molecule has 7 heteroatoms. The highest BCUT2D eigenvalue weighted by Gasteiger charge is 2.15. The molecule has 0 spiro atoms. The number of rotatable bonds is 6. The first-order valence-electron chi connectivity index (χ1n) is 7.52. The van der Waals surface area contributed by atoms with Gasteiger partial charge in [0.25, 0.3) is 5.91 Å². The quantitative estimate of drug-likeness (QED) is 0.782. The Labute approximate surface area is 145 Å². The van der Waals surface area contributed by atoms with Gasteiger partial charge < -0.3 is 24.8 Å². The van der Waals surface area contributed by atoms with E-state index >= 15 is 0 Å². The van der Waals surface area contributed by atoms with E-state index in [0.717, 1.165) is 5.69 Å². The summed E-state index contributed by atoms with van der Waals surface area (Å²) in [5.74, 6) is -1.13. The Hall–Kier alpha value is -3.22. The number of methoxy groups -OCH3 is 1. The van der Waals surface area contributed by atoms with Crippen molar-refractivity contribution in [2.75, 3.05) is 38.0 Å². The monoisotopic (exact) mass is 344 g/mol. The van der Waals surface area contributed by atoms with Crippen LogP contribution in [-0.2, 0) is 9.53 Å². The molecule has 0 saturated carbocycles. The molecule has 0 aliphatic rings. The molecule has 0 unspecified atom stereocenters. The molecule has 0 heterocycles. The minimum Gasteiger partial charge on any atom is -0.507 e. The number of carbonyl (C=O) groups excluding carboxylic acids is 2. The van der Waals surface area contributed by atoms with Gasteiger partial charge in [0.2, 0.25) is 0 Å². The molecular formula is C18H20N2O5. The van der Waals surface area contributed by atoms with E-state index in [1.807, 2.05) is 31.1 Å². The van der Waals surface area contributed by atoms with E-state index < -0.39 is 18.5 Å². The fraction of sp³-hybridized carbons (Fsp3) is 0.222. The van der Waals surface area contributed by atoms with Crippen molar-refractivity contribution in [2.24, 2.45) is 0 Å². The minimum absolute atomic E-state index is 0.0380. The summed E-state index contributed by atoms with van der Waals surface area (Å²) in [5, 5.41) is 12.4. The minimum atomic E-state index is -0.793. The SMILES string of the molecule is COc1ccc(C(=O)OCC(=O)Nc2ccc(N(C)C)cc2)c(O)c1. The van der Waals surface area contributed by atoms with Gasteiger partial charge in [0, 0.05) is 31.5 Å². The van der Waals surface area contributed by atoms with Gasteiger partial charge in [-0.05, 0) is 36.4 Å². The average Bonchev–Trinajstić information content (AvgIpc) is 2.60. The summed E-state index contributed by atoms with van der Waals surface area (Å²) >= 11 is 0. The number of nitrogens with zero attached hydrogens (tertiary/aromatic N) is 1. The number of benzene rings is 2. The molecule has 0 aliphatic heterocycles. The normalized spacial score (nSPS) is 10.0. The van der Waals surface area contributed by atoms with E-state index in [1.165, 1.54) is 25.3 Å². The van der Waals surface area contributed by atoms with Gasteiger partial charge in [0.15, 0.2) is 6.61 Å². The van der Waals surface area contributed by atoms with Crippen molar-refractivity contribution in [1.29, 1.82) is 0 Å². The molecule has 132 valence electrons. The summed E-state index contributed by atoms with van der Waals surface area (Å²) in [6.45, 7) is -0.459. The smallest absolute Gasteiger partial charge is 0.342 e. The van der Waals surface area contributed by atoms with Crippen LogP contribution >= 0.6 is 0 Å². The second kappa shape index (κ2) is 8.05. The van der Waals surface area contributed by atoms with Crippen molar-refractivity contribution in [2.45, 2.75) is 0 Å². The number of phenolic OH excluding ortho intramolecular Hbond substituents is 1. The van der Waals surface area contributed by atoms with E-state index in [0.29, 0.717) is 11.4 Å². The van der Waals surface area contributed by atoms with E-state index in [1.54, 1.807) is 12.1 Å².